The lowest BCUT2D eigenvalue weighted by Gasteiger charge is -2.30. The first-order valence-electron chi connectivity index (χ1n) is 5.58. The number of β-amino-alcohol motifs (C(OH)–C–C–N with tert-alkyl or cyclic N) is 1. The van der Waals surface area contributed by atoms with Gasteiger partial charge in [0, 0.05) is 27.2 Å². The third-order valence-corrected chi connectivity index (χ3v) is 2.83. The molecule has 2 rings (SSSR count). The predicted octanol–water partition coefficient (Wildman–Crippen LogP) is 0.552. The minimum Gasteiger partial charge on any atom is -0.391 e. The van der Waals surface area contributed by atoms with Gasteiger partial charge in [-0.15, -0.1) is 0 Å². The van der Waals surface area contributed by atoms with Gasteiger partial charge in [0.25, 0.3) is 0 Å². The van der Waals surface area contributed by atoms with Gasteiger partial charge in [0.1, 0.15) is 0 Å². The van der Waals surface area contributed by atoms with E-state index in [-0.39, 0.29) is 11.4 Å². The molecule has 6 nitrogen and oxygen atoms in total. The first-order valence-corrected chi connectivity index (χ1v) is 5.96. The van der Waals surface area contributed by atoms with Gasteiger partial charge in [-0.25, -0.2) is 0 Å². The van der Waals surface area contributed by atoms with Crippen LogP contribution in [0.5, 0.6) is 0 Å². The molecule has 0 amide bonds. The van der Waals surface area contributed by atoms with E-state index in [4.69, 9.17) is 11.6 Å². The van der Waals surface area contributed by atoms with Crippen LogP contribution in [0.3, 0.4) is 0 Å². The first kappa shape index (κ1) is 12.3. The fraction of sp³-hybridized carbons (Fsp3) is 0.700. The third-order valence-electron chi connectivity index (χ3n) is 2.66. The molecule has 7 heteroatoms. The largest absolute Gasteiger partial charge is 0.391 e. The molecule has 1 saturated heterocycles. The van der Waals surface area contributed by atoms with Crippen LogP contribution >= 0.6 is 11.6 Å². The van der Waals surface area contributed by atoms with E-state index >= 15 is 0 Å². The molecule has 1 aromatic heterocycles. The van der Waals surface area contributed by atoms with Gasteiger partial charge in [-0.2, -0.15) is 15.0 Å². The van der Waals surface area contributed by atoms with Crippen molar-refractivity contribution in [2.24, 2.45) is 0 Å². The lowest BCUT2D eigenvalue weighted by molar-refractivity contribution is 0.153. The summed E-state index contributed by atoms with van der Waals surface area (Å²) >= 11 is 5.87. The van der Waals surface area contributed by atoms with Crippen molar-refractivity contribution in [1.29, 1.82) is 0 Å². The van der Waals surface area contributed by atoms with Crippen LogP contribution in [-0.4, -0.2) is 53.3 Å². The summed E-state index contributed by atoms with van der Waals surface area (Å²) in [6, 6.07) is 0. The van der Waals surface area contributed by atoms with Gasteiger partial charge in [-0.3, -0.25) is 0 Å². The quantitative estimate of drug-likeness (QED) is 0.835. The lowest BCUT2D eigenvalue weighted by atomic mass is 10.1. The van der Waals surface area contributed by atoms with E-state index in [0.717, 1.165) is 19.4 Å². The van der Waals surface area contributed by atoms with Crippen LogP contribution in [0.1, 0.15) is 12.8 Å². The van der Waals surface area contributed by atoms with E-state index in [1.807, 2.05) is 19.0 Å². The zero-order chi connectivity index (χ0) is 12.4. The van der Waals surface area contributed by atoms with E-state index in [2.05, 4.69) is 15.0 Å². The van der Waals surface area contributed by atoms with Crippen LogP contribution in [0.15, 0.2) is 0 Å². The molecule has 2 heterocycles. The molecule has 0 saturated carbocycles. The SMILES string of the molecule is CN(C)c1nc(Cl)nc(N2CCCC(O)C2)n1. The molecule has 1 N–H and O–H groups in total. The molecule has 0 spiro atoms. The Hall–Kier alpha value is -1.14. The number of aromatic nitrogens is 3. The van der Waals surface area contributed by atoms with Gasteiger partial charge in [-0.05, 0) is 24.4 Å². The smallest absolute Gasteiger partial charge is 0.231 e. The molecule has 1 atom stereocenters. The molecule has 1 aliphatic heterocycles. The van der Waals surface area contributed by atoms with Gasteiger partial charge < -0.3 is 14.9 Å². The highest BCUT2D eigenvalue weighted by Crippen LogP contribution is 2.19. The van der Waals surface area contributed by atoms with E-state index in [1.54, 1.807) is 4.90 Å². The number of nitrogens with zero attached hydrogens (tertiary/aromatic N) is 5. The minimum absolute atomic E-state index is 0.179. The zero-order valence-corrected chi connectivity index (χ0v) is 10.7. The summed E-state index contributed by atoms with van der Waals surface area (Å²) in [5, 5.41) is 9.81. The Morgan fingerprint density at radius 2 is 2.12 bits per heavy atom. The van der Waals surface area contributed by atoms with Crippen molar-refractivity contribution in [3.63, 3.8) is 0 Å². The number of halogens is 1. The summed E-state index contributed by atoms with van der Waals surface area (Å²) in [4.78, 5) is 16.2. The number of anilines is 2. The summed E-state index contributed by atoms with van der Waals surface area (Å²) in [6.07, 6.45) is 1.44. The molecule has 0 radical (unpaired) electrons. The maximum atomic E-state index is 9.63. The van der Waals surface area contributed by atoms with Gasteiger partial charge in [0.05, 0.1) is 6.10 Å². The van der Waals surface area contributed by atoms with Crippen LogP contribution in [0.4, 0.5) is 11.9 Å². The number of hydrogen-bond acceptors (Lipinski definition) is 6. The molecule has 1 unspecified atom stereocenters. The van der Waals surface area contributed by atoms with E-state index < -0.39 is 0 Å². The van der Waals surface area contributed by atoms with E-state index in [9.17, 15) is 5.11 Å². The maximum Gasteiger partial charge on any atom is 0.231 e. The summed E-state index contributed by atoms with van der Waals surface area (Å²) in [7, 11) is 3.70. The average Bonchev–Trinajstić information content (AvgIpc) is 2.28. The fourth-order valence-corrected chi connectivity index (χ4v) is 1.96. The Labute approximate surface area is 105 Å². The summed E-state index contributed by atoms with van der Waals surface area (Å²) in [5.41, 5.74) is 0. The van der Waals surface area contributed by atoms with Gasteiger partial charge in [0.15, 0.2) is 0 Å². The average molecular weight is 258 g/mol. The Morgan fingerprint density at radius 3 is 2.76 bits per heavy atom. The van der Waals surface area contributed by atoms with E-state index in [1.165, 1.54) is 0 Å². The monoisotopic (exact) mass is 257 g/mol. The fourth-order valence-electron chi connectivity index (χ4n) is 1.81. The number of aliphatic hydroxyl groups is 1. The van der Waals surface area contributed by atoms with Crippen LogP contribution < -0.4 is 9.80 Å². The standard InChI is InChI=1S/C10H16ClN5O/c1-15(2)9-12-8(11)13-10(14-9)16-5-3-4-7(17)6-16/h7,17H,3-6H2,1-2H3. The summed E-state index contributed by atoms with van der Waals surface area (Å²) in [5.74, 6) is 1.06. The second kappa shape index (κ2) is 5.01. The molecule has 0 aromatic carbocycles. The van der Waals surface area contributed by atoms with Gasteiger partial charge >= 0.3 is 0 Å². The van der Waals surface area contributed by atoms with E-state index in [0.29, 0.717) is 18.4 Å². The molecule has 0 bridgehead atoms. The second-order valence-corrected chi connectivity index (χ2v) is 4.68. The third kappa shape index (κ3) is 2.95. The van der Waals surface area contributed by atoms with Crippen molar-refractivity contribution in [2.45, 2.75) is 18.9 Å². The van der Waals surface area contributed by atoms with Gasteiger partial charge in [-0.1, -0.05) is 0 Å². The second-order valence-electron chi connectivity index (χ2n) is 4.34. The first-order chi connectivity index (χ1) is 8.06. The topological polar surface area (TPSA) is 65.4 Å². The zero-order valence-electron chi connectivity index (χ0n) is 9.97. The van der Waals surface area contributed by atoms with Crippen molar-refractivity contribution in [2.75, 3.05) is 37.0 Å². The molecule has 94 valence electrons. The van der Waals surface area contributed by atoms with Crippen molar-refractivity contribution in [3.8, 4) is 0 Å². The lowest BCUT2D eigenvalue weighted by Crippen LogP contribution is -2.39. The molecular formula is C10H16ClN5O. The highest BCUT2D eigenvalue weighted by atomic mass is 35.5. The number of aliphatic hydroxyl groups excluding tert-OH is 1. The maximum absolute atomic E-state index is 9.63. The number of rotatable bonds is 2. The number of hydrogen-bond donors (Lipinski definition) is 1. The molecule has 17 heavy (non-hydrogen) atoms. The van der Waals surface area contributed by atoms with Crippen LogP contribution in [0.25, 0.3) is 0 Å². The Bertz CT molecular complexity index is 400. The molecule has 1 aliphatic rings. The number of piperidine rings is 1. The predicted molar refractivity (Wildman–Crippen MR) is 66.6 cm³/mol. The minimum atomic E-state index is -0.318. The van der Waals surface area contributed by atoms with Crippen LogP contribution in [0.2, 0.25) is 5.28 Å². The normalized spacial score (nSPS) is 20.5. The van der Waals surface area contributed by atoms with Crippen molar-refractivity contribution in [3.05, 3.63) is 5.28 Å². The highest BCUT2D eigenvalue weighted by Gasteiger charge is 2.21. The highest BCUT2D eigenvalue weighted by molar-refractivity contribution is 6.28. The van der Waals surface area contributed by atoms with Crippen molar-refractivity contribution >= 4 is 23.5 Å². The molecule has 1 fully saturated rings. The Kier molecular flexibility index (Phi) is 3.63. The van der Waals surface area contributed by atoms with Crippen LogP contribution in [0, 0.1) is 0 Å². The van der Waals surface area contributed by atoms with Crippen molar-refractivity contribution in [1.82, 2.24) is 15.0 Å². The van der Waals surface area contributed by atoms with Crippen LogP contribution in [-0.2, 0) is 0 Å². The Balaban J connectivity index is 2.25. The summed E-state index contributed by atoms with van der Waals surface area (Å²) < 4.78 is 0. The molecule has 1 aromatic rings. The molecule has 0 aliphatic carbocycles. The Morgan fingerprint density at radius 1 is 1.35 bits per heavy atom. The molecular weight excluding hydrogens is 242 g/mol. The van der Waals surface area contributed by atoms with Crippen molar-refractivity contribution < 1.29 is 5.11 Å². The summed E-state index contributed by atoms with van der Waals surface area (Å²) in [6.45, 7) is 1.39. The van der Waals surface area contributed by atoms with Gasteiger partial charge in [0.2, 0.25) is 17.2 Å².